The van der Waals surface area contributed by atoms with Gasteiger partial charge in [-0.15, -0.1) is 0 Å². The van der Waals surface area contributed by atoms with Crippen molar-refractivity contribution in [2.75, 3.05) is 0 Å². The summed E-state index contributed by atoms with van der Waals surface area (Å²) in [6, 6.07) is 17.9. The highest BCUT2D eigenvalue weighted by molar-refractivity contribution is 6.30. The van der Waals surface area contributed by atoms with E-state index < -0.39 is 5.97 Å². The van der Waals surface area contributed by atoms with Crippen molar-refractivity contribution in [2.45, 2.75) is 6.61 Å². The topological polar surface area (TPSA) is 59.4 Å². The molecule has 1 heterocycles. The van der Waals surface area contributed by atoms with Crippen LogP contribution in [0.15, 0.2) is 66.9 Å². The number of rotatable bonds is 4. The Morgan fingerprint density at radius 3 is 2.54 bits per heavy atom. The molecule has 1 aromatic heterocycles. The molecule has 0 amide bonds. The third-order valence-corrected chi connectivity index (χ3v) is 3.67. The van der Waals surface area contributed by atoms with E-state index in [1.54, 1.807) is 18.2 Å². The molecule has 0 bridgehead atoms. The Morgan fingerprint density at radius 1 is 1.04 bits per heavy atom. The molecule has 0 radical (unpaired) electrons. The Morgan fingerprint density at radius 2 is 1.83 bits per heavy atom. The molecule has 0 aliphatic heterocycles. The Bertz CT molecular complexity index is 865. The fourth-order valence-corrected chi connectivity index (χ4v) is 2.42. The van der Waals surface area contributed by atoms with Gasteiger partial charge in [-0.25, -0.2) is 9.78 Å². The first-order chi connectivity index (χ1) is 11.6. The Balaban J connectivity index is 1.76. The Hall–Kier alpha value is -2.85. The van der Waals surface area contributed by atoms with Gasteiger partial charge < -0.3 is 9.84 Å². The summed E-state index contributed by atoms with van der Waals surface area (Å²) >= 11 is 5.96. The van der Waals surface area contributed by atoms with E-state index in [2.05, 4.69) is 4.98 Å². The zero-order chi connectivity index (χ0) is 16.9. The number of esters is 1. The first-order valence-corrected chi connectivity index (χ1v) is 7.67. The zero-order valence-corrected chi connectivity index (χ0v) is 13.4. The number of pyridine rings is 1. The van der Waals surface area contributed by atoms with Crippen molar-refractivity contribution >= 4 is 17.6 Å². The largest absolute Gasteiger partial charge is 0.505 e. The number of aromatic nitrogens is 1. The number of carbonyl (C=O) groups is 1. The first kappa shape index (κ1) is 16.0. The van der Waals surface area contributed by atoms with Crippen molar-refractivity contribution in [3.8, 4) is 16.9 Å². The van der Waals surface area contributed by atoms with Gasteiger partial charge in [0.25, 0.3) is 0 Å². The molecule has 3 aromatic rings. The summed E-state index contributed by atoms with van der Waals surface area (Å²) in [6.45, 7) is 0.122. The number of benzene rings is 2. The number of halogens is 1. The second kappa shape index (κ2) is 7.15. The minimum atomic E-state index is -0.672. The van der Waals surface area contributed by atoms with E-state index in [0.29, 0.717) is 10.6 Å². The molecule has 3 rings (SSSR count). The van der Waals surface area contributed by atoms with Crippen LogP contribution in [-0.4, -0.2) is 16.1 Å². The molecule has 0 aliphatic rings. The van der Waals surface area contributed by atoms with Crippen molar-refractivity contribution in [1.82, 2.24) is 4.98 Å². The van der Waals surface area contributed by atoms with Gasteiger partial charge in [-0.05, 0) is 29.3 Å². The van der Waals surface area contributed by atoms with Crippen LogP contribution in [0.1, 0.15) is 16.1 Å². The highest BCUT2D eigenvalue weighted by Crippen LogP contribution is 2.27. The van der Waals surface area contributed by atoms with Crippen LogP contribution in [0.4, 0.5) is 0 Å². The zero-order valence-electron chi connectivity index (χ0n) is 12.6. The fraction of sp³-hybridized carbons (Fsp3) is 0.0526. The van der Waals surface area contributed by atoms with Gasteiger partial charge in [0.05, 0.1) is 0 Å². The van der Waals surface area contributed by atoms with E-state index in [-0.39, 0.29) is 18.1 Å². The van der Waals surface area contributed by atoms with E-state index in [4.69, 9.17) is 16.3 Å². The maximum Gasteiger partial charge on any atom is 0.361 e. The maximum atomic E-state index is 12.1. The minimum Gasteiger partial charge on any atom is -0.505 e. The van der Waals surface area contributed by atoms with Gasteiger partial charge in [-0.2, -0.15) is 0 Å². The molecule has 0 spiro atoms. The third kappa shape index (κ3) is 3.73. The molecule has 0 unspecified atom stereocenters. The van der Waals surface area contributed by atoms with Crippen LogP contribution in [0.3, 0.4) is 0 Å². The standard InChI is InChI=1S/C19H14ClNO3/c20-16-8-4-7-14(9-16)15-10-17(22)18(21-11-15)19(23)24-12-13-5-2-1-3-6-13/h1-11,22H,12H2. The summed E-state index contributed by atoms with van der Waals surface area (Å²) in [5.74, 6) is -0.903. The van der Waals surface area contributed by atoms with Gasteiger partial charge in [0, 0.05) is 16.8 Å². The fourth-order valence-electron chi connectivity index (χ4n) is 2.23. The van der Waals surface area contributed by atoms with Crippen LogP contribution < -0.4 is 0 Å². The van der Waals surface area contributed by atoms with Crippen LogP contribution in [-0.2, 0) is 11.3 Å². The van der Waals surface area contributed by atoms with Crippen molar-refractivity contribution in [3.63, 3.8) is 0 Å². The van der Waals surface area contributed by atoms with Crippen LogP contribution >= 0.6 is 11.6 Å². The normalized spacial score (nSPS) is 10.4. The lowest BCUT2D eigenvalue weighted by molar-refractivity contribution is 0.0462. The van der Waals surface area contributed by atoms with E-state index in [1.807, 2.05) is 36.4 Å². The molecule has 4 nitrogen and oxygen atoms in total. The number of carbonyl (C=O) groups excluding carboxylic acids is 1. The van der Waals surface area contributed by atoms with E-state index in [9.17, 15) is 9.90 Å². The van der Waals surface area contributed by atoms with Crippen LogP contribution in [0.25, 0.3) is 11.1 Å². The lowest BCUT2D eigenvalue weighted by atomic mass is 10.1. The van der Waals surface area contributed by atoms with E-state index in [0.717, 1.165) is 11.1 Å². The van der Waals surface area contributed by atoms with Crippen LogP contribution in [0, 0.1) is 0 Å². The quantitative estimate of drug-likeness (QED) is 0.713. The SMILES string of the molecule is O=C(OCc1ccccc1)c1ncc(-c2cccc(Cl)c2)cc1O. The second-order valence-corrected chi connectivity index (χ2v) is 5.60. The number of aromatic hydroxyl groups is 1. The van der Waals surface area contributed by atoms with Gasteiger partial charge in [0.1, 0.15) is 12.4 Å². The monoisotopic (exact) mass is 339 g/mol. The van der Waals surface area contributed by atoms with Crippen LogP contribution in [0.5, 0.6) is 5.75 Å². The van der Waals surface area contributed by atoms with Crippen molar-refractivity contribution in [2.24, 2.45) is 0 Å². The molecule has 0 fully saturated rings. The average molecular weight is 340 g/mol. The molecule has 1 N–H and O–H groups in total. The summed E-state index contributed by atoms with van der Waals surface area (Å²) in [5.41, 5.74) is 2.21. The average Bonchev–Trinajstić information content (AvgIpc) is 2.60. The summed E-state index contributed by atoms with van der Waals surface area (Å²) in [5, 5.41) is 10.7. The van der Waals surface area contributed by atoms with Gasteiger partial charge in [0.2, 0.25) is 0 Å². The van der Waals surface area contributed by atoms with Gasteiger partial charge in [-0.3, -0.25) is 0 Å². The summed E-state index contributed by atoms with van der Waals surface area (Å²) < 4.78 is 5.18. The van der Waals surface area contributed by atoms with Gasteiger partial charge in [-0.1, -0.05) is 54.1 Å². The smallest absolute Gasteiger partial charge is 0.361 e. The minimum absolute atomic E-state index is 0.114. The van der Waals surface area contributed by atoms with E-state index in [1.165, 1.54) is 12.3 Å². The maximum absolute atomic E-state index is 12.1. The Labute approximate surface area is 144 Å². The molecule has 0 saturated heterocycles. The number of hydrogen-bond donors (Lipinski definition) is 1. The molecule has 2 aromatic carbocycles. The predicted octanol–water partition coefficient (Wildman–Crippen LogP) is 4.46. The van der Waals surface area contributed by atoms with Crippen molar-refractivity contribution in [1.29, 1.82) is 0 Å². The molecule has 120 valence electrons. The molecule has 0 aliphatic carbocycles. The lowest BCUT2D eigenvalue weighted by Gasteiger charge is -2.08. The highest BCUT2D eigenvalue weighted by Gasteiger charge is 2.16. The summed E-state index contributed by atoms with van der Waals surface area (Å²) in [7, 11) is 0. The highest BCUT2D eigenvalue weighted by atomic mass is 35.5. The van der Waals surface area contributed by atoms with Gasteiger partial charge >= 0.3 is 5.97 Å². The molecule has 0 atom stereocenters. The predicted molar refractivity (Wildman–Crippen MR) is 91.9 cm³/mol. The number of nitrogens with zero attached hydrogens (tertiary/aromatic N) is 1. The molecule has 0 saturated carbocycles. The third-order valence-electron chi connectivity index (χ3n) is 3.43. The second-order valence-electron chi connectivity index (χ2n) is 5.16. The number of hydrogen-bond acceptors (Lipinski definition) is 4. The number of ether oxygens (including phenoxy) is 1. The van der Waals surface area contributed by atoms with Gasteiger partial charge in [0.15, 0.2) is 5.69 Å². The van der Waals surface area contributed by atoms with Crippen LogP contribution in [0.2, 0.25) is 5.02 Å². The summed E-state index contributed by atoms with van der Waals surface area (Å²) in [6.07, 6.45) is 1.50. The van der Waals surface area contributed by atoms with E-state index >= 15 is 0 Å². The van der Waals surface area contributed by atoms with Crippen molar-refractivity contribution < 1.29 is 14.6 Å². The molecular weight excluding hydrogens is 326 g/mol. The Kier molecular flexibility index (Phi) is 4.77. The van der Waals surface area contributed by atoms with Crippen molar-refractivity contribution in [3.05, 3.63) is 83.1 Å². The molecule has 24 heavy (non-hydrogen) atoms. The first-order valence-electron chi connectivity index (χ1n) is 7.29. The summed E-state index contributed by atoms with van der Waals surface area (Å²) in [4.78, 5) is 16.1. The molecule has 5 heteroatoms. The lowest BCUT2D eigenvalue weighted by Crippen LogP contribution is -2.07. The molecular formula is C19H14ClNO3.